The molecule has 1 aromatic heterocycles. The van der Waals surface area contributed by atoms with Crippen molar-refractivity contribution in [2.45, 2.75) is 24.8 Å². The second kappa shape index (κ2) is 8.00. The van der Waals surface area contributed by atoms with Crippen molar-refractivity contribution >= 4 is 27.3 Å². The molecule has 2 aromatic rings. The van der Waals surface area contributed by atoms with E-state index in [1.54, 1.807) is 19.1 Å². The van der Waals surface area contributed by atoms with Crippen LogP contribution in [0.3, 0.4) is 0 Å². The largest absolute Gasteiger partial charge is 0.384 e. The van der Waals surface area contributed by atoms with Crippen molar-refractivity contribution < 1.29 is 13.2 Å². The van der Waals surface area contributed by atoms with E-state index < -0.39 is 10.0 Å². The van der Waals surface area contributed by atoms with E-state index in [0.717, 1.165) is 5.69 Å². The standard InChI is InChI=1S/C20H22N4O3S/c1-3-4-18-14-23(28(26,27)19-9-10-20(21)22-13-19)11-12-24(18)17-7-5-16(6-8-17)15(2)25/h5-10,13,18H,11-12,14H2,1-2H3,(H2,21,22)/t18-/m0/s1. The molecule has 0 spiro atoms. The number of nitrogens with zero attached hydrogens (tertiary/aromatic N) is 3. The van der Waals surface area contributed by atoms with Crippen LogP contribution in [-0.2, 0) is 10.0 Å². The minimum Gasteiger partial charge on any atom is -0.384 e. The van der Waals surface area contributed by atoms with Gasteiger partial charge in [0.15, 0.2) is 5.78 Å². The molecule has 28 heavy (non-hydrogen) atoms. The highest BCUT2D eigenvalue weighted by Gasteiger charge is 2.33. The molecule has 0 amide bonds. The summed E-state index contributed by atoms with van der Waals surface area (Å²) in [6, 6.07) is 9.94. The Bertz CT molecular complexity index is 1020. The molecule has 146 valence electrons. The van der Waals surface area contributed by atoms with Crippen molar-refractivity contribution in [3.63, 3.8) is 0 Å². The summed E-state index contributed by atoms with van der Waals surface area (Å²) in [5, 5.41) is 0. The van der Waals surface area contributed by atoms with Crippen LogP contribution in [-0.4, -0.2) is 49.2 Å². The van der Waals surface area contributed by atoms with Gasteiger partial charge in [-0.15, -0.1) is 5.92 Å². The highest BCUT2D eigenvalue weighted by atomic mass is 32.2. The molecule has 1 atom stereocenters. The van der Waals surface area contributed by atoms with E-state index >= 15 is 0 Å². The molecule has 1 aliphatic heterocycles. The summed E-state index contributed by atoms with van der Waals surface area (Å²) in [6.45, 7) is 4.30. The van der Waals surface area contributed by atoms with Gasteiger partial charge in [-0.1, -0.05) is 5.92 Å². The van der Waals surface area contributed by atoms with Gasteiger partial charge in [0.2, 0.25) is 10.0 Å². The first-order valence-electron chi connectivity index (χ1n) is 8.84. The minimum atomic E-state index is -3.68. The fourth-order valence-corrected chi connectivity index (χ4v) is 4.54. The third kappa shape index (κ3) is 4.01. The molecule has 7 nitrogen and oxygen atoms in total. The van der Waals surface area contributed by atoms with Crippen molar-refractivity contribution in [3.8, 4) is 11.8 Å². The van der Waals surface area contributed by atoms with Crippen LogP contribution in [0.15, 0.2) is 47.5 Å². The van der Waals surface area contributed by atoms with E-state index in [1.807, 2.05) is 12.1 Å². The lowest BCUT2D eigenvalue weighted by molar-refractivity contribution is 0.101. The number of ketones is 1. The first kappa shape index (κ1) is 19.9. The average Bonchev–Trinajstić information content (AvgIpc) is 2.68. The monoisotopic (exact) mass is 398 g/mol. The van der Waals surface area contributed by atoms with Gasteiger partial charge < -0.3 is 10.6 Å². The second-order valence-corrected chi connectivity index (χ2v) is 8.43. The molecule has 1 aliphatic rings. The molecule has 0 saturated carbocycles. The summed E-state index contributed by atoms with van der Waals surface area (Å²) in [5.74, 6) is 6.27. The molecule has 1 saturated heterocycles. The number of nitrogen functional groups attached to an aromatic ring is 1. The number of aromatic nitrogens is 1. The lowest BCUT2D eigenvalue weighted by atomic mass is 10.1. The van der Waals surface area contributed by atoms with Gasteiger partial charge in [-0.05, 0) is 50.2 Å². The van der Waals surface area contributed by atoms with Crippen LogP contribution in [0.2, 0.25) is 0 Å². The Morgan fingerprint density at radius 3 is 2.46 bits per heavy atom. The number of rotatable bonds is 4. The SMILES string of the molecule is CC#C[C@H]1CN(S(=O)(=O)c2ccc(N)nc2)CCN1c1ccc(C(C)=O)cc1. The zero-order valence-corrected chi connectivity index (χ0v) is 16.6. The number of sulfonamides is 1. The smallest absolute Gasteiger partial charge is 0.244 e. The molecule has 0 bridgehead atoms. The third-order valence-corrected chi connectivity index (χ3v) is 6.51. The lowest BCUT2D eigenvalue weighted by Gasteiger charge is -2.39. The zero-order chi connectivity index (χ0) is 20.3. The van der Waals surface area contributed by atoms with Crippen molar-refractivity contribution in [2.75, 3.05) is 30.3 Å². The van der Waals surface area contributed by atoms with Crippen molar-refractivity contribution in [1.82, 2.24) is 9.29 Å². The van der Waals surface area contributed by atoms with Gasteiger partial charge in [0, 0.05) is 37.1 Å². The van der Waals surface area contributed by atoms with Crippen LogP contribution < -0.4 is 10.6 Å². The molecule has 0 radical (unpaired) electrons. The summed E-state index contributed by atoms with van der Waals surface area (Å²) in [4.78, 5) is 17.6. The van der Waals surface area contributed by atoms with E-state index in [9.17, 15) is 13.2 Å². The molecule has 1 fully saturated rings. The van der Waals surface area contributed by atoms with E-state index in [4.69, 9.17) is 5.73 Å². The van der Waals surface area contributed by atoms with Crippen LogP contribution >= 0.6 is 0 Å². The molecule has 2 heterocycles. The van der Waals surface area contributed by atoms with Gasteiger partial charge in [0.25, 0.3) is 0 Å². The Morgan fingerprint density at radius 1 is 1.18 bits per heavy atom. The Balaban J connectivity index is 1.85. The molecule has 0 aliphatic carbocycles. The predicted molar refractivity (Wildman–Crippen MR) is 108 cm³/mol. The fraction of sp³-hybridized carbons (Fsp3) is 0.300. The normalized spacial score (nSPS) is 17.6. The maximum atomic E-state index is 13.0. The Morgan fingerprint density at radius 2 is 1.89 bits per heavy atom. The highest BCUT2D eigenvalue weighted by molar-refractivity contribution is 7.89. The quantitative estimate of drug-likeness (QED) is 0.623. The molecular weight excluding hydrogens is 376 g/mol. The number of piperazine rings is 1. The molecular formula is C20H22N4O3S. The van der Waals surface area contributed by atoms with Crippen LogP contribution in [0, 0.1) is 11.8 Å². The van der Waals surface area contributed by atoms with E-state index in [-0.39, 0.29) is 29.1 Å². The Kier molecular flexibility index (Phi) is 5.68. The van der Waals surface area contributed by atoms with Gasteiger partial charge in [-0.3, -0.25) is 4.79 Å². The van der Waals surface area contributed by atoms with Crippen LogP contribution in [0.1, 0.15) is 24.2 Å². The van der Waals surface area contributed by atoms with Gasteiger partial charge in [-0.25, -0.2) is 13.4 Å². The number of Topliss-reactive ketones (excluding diaryl/α,β-unsaturated/α-hetero) is 1. The van der Waals surface area contributed by atoms with Gasteiger partial charge in [-0.2, -0.15) is 4.31 Å². The Hall–Kier alpha value is -2.89. The van der Waals surface area contributed by atoms with Gasteiger partial charge >= 0.3 is 0 Å². The van der Waals surface area contributed by atoms with Gasteiger partial charge in [0.05, 0.1) is 0 Å². The first-order valence-corrected chi connectivity index (χ1v) is 10.3. The number of pyridine rings is 1. The predicted octanol–water partition coefficient (Wildman–Crippen LogP) is 1.77. The number of carbonyl (C=O) groups is 1. The Labute approximate surface area is 165 Å². The van der Waals surface area contributed by atoms with E-state index in [0.29, 0.717) is 18.7 Å². The molecule has 3 rings (SSSR count). The van der Waals surface area contributed by atoms with Crippen molar-refractivity contribution in [3.05, 3.63) is 48.2 Å². The van der Waals surface area contributed by atoms with Crippen LogP contribution in [0.4, 0.5) is 11.5 Å². The summed E-state index contributed by atoms with van der Waals surface area (Å²) in [7, 11) is -3.68. The molecule has 1 aromatic carbocycles. The van der Waals surface area contributed by atoms with E-state index in [1.165, 1.54) is 29.6 Å². The zero-order valence-electron chi connectivity index (χ0n) is 15.8. The maximum absolute atomic E-state index is 13.0. The number of anilines is 2. The highest BCUT2D eigenvalue weighted by Crippen LogP contribution is 2.25. The fourth-order valence-electron chi connectivity index (χ4n) is 3.16. The summed E-state index contributed by atoms with van der Waals surface area (Å²) >= 11 is 0. The summed E-state index contributed by atoms with van der Waals surface area (Å²) in [6.07, 6.45) is 1.28. The topological polar surface area (TPSA) is 96.6 Å². The summed E-state index contributed by atoms with van der Waals surface area (Å²) < 4.78 is 27.3. The number of hydrogen-bond acceptors (Lipinski definition) is 6. The van der Waals surface area contributed by atoms with Crippen molar-refractivity contribution in [2.24, 2.45) is 0 Å². The number of hydrogen-bond donors (Lipinski definition) is 1. The number of carbonyl (C=O) groups excluding carboxylic acids is 1. The molecule has 8 heteroatoms. The minimum absolute atomic E-state index is 0.00414. The third-order valence-electron chi connectivity index (χ3n) is 4.66. The molecule has 2 N–H and O–H groups in total. The van der Waals surface area contributed by atoms with Crippen LogP contribution in [0.25, 0.3) is 0 Å². The molecule has 0 unspecified atom stereocenters. The average molecular weight is 398 g/mol. The van der Waals surface area contributed by atoms with Crippen molar-refractivity contribution in [1.29, 1.82) is 0 Å². The second-order valence-electron chi connectivity index (χ2n) is 6.49. The summed E-state index contributed by atoms with van der Waals surface area (Å²) in [5.41, 5.74) is 7.10. The first-order chi connectivity index (χ1) is 13.3. The maximum Gasteiger partial charge on any atom is 0.244 e. The van der Waals surface area contributed by atoms with Gasteiger partial charge in [0.1, 0.15) is 16.8 Å². The number of benzene rings is 1. The van der Waals surface area contributed by atoms with E-state index in [2.05, 4.69) is 21.7 Å². The lowest BCUT2D eigenvalue weighted by Crippen LogP contribution is -2.54. The van der Waals surface area contributed by atoms with Crippen LogP contribution in [0.5, 0.6) is 0 Å². The number of nitrogens with two attached hydrogens (primary N) is 1.